The molecule has 28 heavy (non-hydrogen) atoms. The summed E-state index contributed by atoms with van der Waals surface area (Å²) in [5.74, 6) is 0.451. The van der Waals surface area contributed by atoms with Crippen LogP contribution in [0.2, 0.25) is 5.02 Å². The quantitative estimate of drug-likeness (QED) is 0.661. The van der Waals surface area contributed by atoms with E-state index in [1.54, 1.807) is 26.0 Å². The van der Waals surface area contributed by atoms with Gasteiger partial charge in [-0.1, -0.05) is 37.6 Å². The van der Waals surface area contributed by atoms with Gasteiger partial charge in [0.15, 0.2) is 0 Å². The first-order chi connectivity index (χ1) is 13.3. The summed E-state index contributed by atoms with van der Waals surface area (Å²) in [6.07, 6.45) is 0.135. The van der Waals surface area contributed by atoms with Crippen LogP contribution >= 0.6 is 11.6 Å². The van der Waals surface area contributed by atoms with E-state index in [0.29, 0.717) is 19.7 Å². The molecule has 1 amide bonds. The van der Waals surface area contributed by atoms with Gasteiger partial charge < -0.3 is 10.1 Å². The monoisotopic (exact) mass is 424 g/mol. The van der Waals surface area contributed by atoms with E-state index in [0.717, 1.165) is 11.3 Å². The van der Waals surface area contributed by atoms with Crippen LogP contribution in [0.4, 0.5) is 5.69 Å². The average molecular weight is 425 g/mol. The first-order valence-corrected chi connectivity index (χ1v) is 10.9. The van der Waals surface area contributed by atoms with Gasteiger partial charge >= 0.3 is 0 Å². The Hall–Kier alpha value is -2.09. The number of carbonyl (C=O) groups excluding carboxylic acids is 1. The minimum Gasteiger partial charge on any atom is -0.494 e. The van der Waals surface area contributed by atoms with E-state index in [1.807, 2.05) is 19.1 Å². The van der Waals surface area contributed by atoms with E-state index in [-0.39, 0.29) is 27.9 Å². The summed E-state index contributed by atoms with van der Waals surface area (Å²) < 4.78 is 32.1. The molecule has 0 radical (unpaired) electrons. The predicted octanol–water partition coefficient (Wildman–Crippen LogP) is 3.95. The number of nitrogens with one attached hydrogen (secondary N) is 1. The van der Waals surface area contributed by atoms with Crippen molar-refractivity contribution in [3.05, 3.63) is 53.1 Å². The zero-order valence-corrected chi connectivity index (χ0v) is 17.8. The smallest absolute Gasteiger partial charge is 0.243 e. The molecule has 0 aliphatic heterocycles. The van der Waals surface area contributed by atoms with Crippen molar-refractivity contribution < 1.29 is 17.9 Å². The third kappa shape index (κ3) is 5.47. The summed E-state index contributed by atoms with van der Waals surface area (Å²) in [6.45, 7) is 6.75. The summed E-state index contributed by atoms with van der Waals surface area (Å²) in [4.78, 5) is 12.5. The summed E-state index contributed by atoms with van der Waals surface area (Å²) in [5, 5.41) is 2.98. The van der Waals surface area contributed by atoms with Crippen molar-refractivity contribution in [1.82, 2.24) is 4.31 Å². The van der Waals surface area contributed by atoms with E-state index < -0.39 is 10.0 Å². The Kier molecular flexibility index (Phi) is 7.86. The average Bonchev–Trinajstić information content (AvgIpc) is 2.66. The van der Waals surface area contributed by atoms with Crippen LogP contribution in [0.5, 0.6) is 5.75 Å². The molecule has 0 unspecified atom stereocenters. The number of ether oxygens (including phenoxy) is 1. The standard InChI is InChI=1S/C20H25ClN2O4S/c1-4-23(5-2)28(25,26)17-11-12-18(21)19(14-17)22-20(24)13-15-7-9-16(10-8-15)27-6-3/h7-12,14H,4-6,13H2,1-3H3,(H,22,24). The molecular formula is C20H25ClN2O4S. The minimum atomic E-state index is -3.64. The fourth-order valence-corrected chi connectivity index (χ4v) is 4.37. The lowest BCUT2D eigenvalue weighted by Gasteiger charge is -2.19. The maximum absolute atomic E-state index is 12.7. The summed E-state index contributed by atoms with van der Waals surface area (Å²) in [7, 11) is -3.64. The maximum atomic E-state index is 12.7. The Morgan fingerprint density at radius 1 is 1.07 bits per heavy atom. The summed E-state index contributed by atoms with van der Waals surface area (Å²) >= 11 is 6.16. The van der Waals surface area contributed by atoms with Gasteiger partial charge in [-0.15, -0.1) is 0 Å². The first kappa shape index (κ1) is 22.2. The molecule has 152 valence electrons. The number of rotatable bonds is 9. The molecule has 0 heterocycles. The summed E-state index contributed by atoms with van der Waals surface area (Å²) in [6, 6.07) is 11.5. The van der Waals surface area contributed by atoms with Gasteiger partial charge in [0.05, 0.1) is 28.6 Å². The second-order valence-corrected chi connectivity index (χ2v) is 8.38. The van der Waals surface area contributed by atoms with Gasteiger partial charge in [0.25, 0.3) is 0 Å². The molecule has 0 aliphatic rings. The fourth-order valence-electron chi connectivity index (χ4n) is 2.72. The highest BCUT2D eigenvalue weighted by Crippen LogP contribution is 2.27. The van der Waals surface area contributed by atoms with Gasteiger partial charge in [0.1, 0.15) is 5.75 Å². The van der Waals surface area contributed by atoms with Crippen LogP contribution in [0.15, 0.2) is 47.4 Å². The molecule has 2 rings (SSSR count). The second-order valence-electron chi connectivity index (χ2n) is 6.03. The Morgan fingerprint density at radius 2 is 1.71 bits per heavy atom. The van der Waals surface area contributed by atoms with Gasteiger partial charge in [-0.05, 0) is 42.8 Å². The minimum absolute atomic E-state index is 0.0944. The third-order valence-corrected chi connectivity index (χ3v) is 6.53. The molecule has 0 bridgehead atoms. The number of nitrogens with zero attached hydrogens (tertiary/aromatic N) is 1. The van der Waals surface area contributed by atoms with Gasteiger partial charge in [-0.3, -0.25) is 4.79 Å². The highest BCUT2D eigenvalue weighted by Gasteiger charge is 2.22. The highest BCUT2D eigenvalue weighted by atomic mass is 35.5. The predicted molar refractivity (Wildman–Crippen MR) is 112 cm³/mol. The molecule has 8 heteroatoms. The Balaban J connectivity index is 2.16. The highest BCUT2D eigenvalue weighted by molar-refractivity contribution is 7.89. The molecular weight excluding hydrogens is 400 g/mol. The number of amides is 1. The zero-order valence-electron chi connectivity index (χ0n) is 16.2. The van der Waals surface area contributed by atoms with Crippen molar-refractivity contribution in [2.75, 3.05) is 25.0 Å². The molecule has 0 aromatic heterocycles. The third-order valence-electron chi connectivity index (χ3n) is 4.15. The SMILES string of the molecule is CCOc1ccc(CC(=O)Nc2cc(S(=O)(=O)N(CC)CC)ccc2Cl)cc1. The van der Waals surface area contributed by atoms with Crippen LogP contribution < -0.4 is 10.1 Å². The van der Waals surface area contributed by atoms with Crippen molar-refractivity contribution in [3.63, 3.8) is 0 Å². The number of hydrogen-bond acceptors (Lipinski definition) is 4. The van der Waals surface area contributed by atoms with Crippen LogP contribution in [-0.4, -0.2) is 38.3 Å². The van der Waals surface area contributed by atoms with E-state index in [1.165, 1.54) is 22.5 Å². The lowest BCUT2D eigenvalue weighted by molar-refractivity contribution is -0.115. The molecule has 2 aromatic rings. The van der Waals surface area contributed by atoms with Gasteiger partial charge in [-0.2, -0.15) is 4.31 Å². The number of sulfonamides is 1. The van der Waals surface area contributed by atoms with Crippen LogP contribution in [0.1, 0.15) is 26.3 Å². The van der Waals surface area contributed by atoms with Crippen LogP contribution in [-0.2, 0) is 21.2 Å². The number of anilines is 1. The molecule has 0 saturated heterocycles. The zero-order chi connectivity index (χ0) is 20.7. The van der Waals surface area contributed by atoms with Crippen LogP contribution in [0.25, 0.3) is 0 Å². The maximum Gasteiger partial charge on any atom is 0.243 e. The molecule has 0 spiro atoms. The number of carbonyl (C=O) groups is 1. The fraction of sp³-hybridized carbons (Fsp3) is 0.350. The van der Waals surface area contributed by atoms with Crippen molar-refractivity contribution >= 4 is 33.2 Å². The molecule has 0 aliphatic carbocycles. The van der Waals surface area contributed by atoms with Gasteiger partial charge in [-0.25, -0.2) is 8.42 Å². The van der Waals surface area contributed by atoms with Crippen LogP contribution in [0, 0.1) is 0 Å². The second kappa shape index (κ2) is 9.91. The van der Waals surface area contributed by atoms with E-state index >= 15 is 0 Å². The van der Waals surface area contributed by atoms with E-state index in [4.69, 9.17) is 16.3 Å². The molecule has 0 fully saturated rings. The first-order valence-electron chi connectivity index (χ1n) is 9.13. The van der Waals surface area contributed by atoms with Gasteiger partial charge in [0.2, 0.25) is 15.9 Å². The lowest BCUT2D eigenvalue weighted by atomic mass is 10.1. The van der Waals surface area contributed by atoms with Crippen LogP contribution in [0.3, 0.4) is 0 Å². The molecule has 0 saturated carbocycles. The Labute approximate surface area is 171 Å². The Morgan fingerprint density at radius 3 is 2.29 bits per heavy atom. The van der Waals surface area contributed by atoms with E-state index in [2.05, 4.69) is 5.32 Å². The largest absolute Gasteiger partial charge is 0.494 e. The topological polar surface area (TPSA) is 75.7 Å². The Bertz CT molecular complexity index is 910. The lowest BCUT2D eigenvalue weighted by Crippen LogP contribution is -2.30. The van der Waals surface area contributed by atoms with Crippen molar-refractivity contribution in [3.8, 4) is 5.75 Å². The van der Waals surface area contributed by atoms with Crippen molar-refractivity contribution in [2.45, 2.75) is 32.1 Å². The van der Waals surface area contributed by atoms with Crippen molar-refractivity contribution in [1.29, 1.82) is 0 Å². The number of halogens is 1. The normalized spacial score (nSPS) is 11.5. The molecule has 6 nitrogen and oxygen atoms in total. The van der Waals surface area contributed by atoms with Gasteiger partial charge in [0, 0.05) is 13.1 Å². The number of benzene rings is 2. The number of hydrogen-bond donors (Lipinski definition) is 1. The van der Waals surface area contributed by atoms with E-state index in [9.17, 15) is 13.2 Å². The molecule has 0 atom stereocenters. The van der Waals surface area contributed by atoms with Crippen molar-refractivity contribution in [2.24, 2.45) is 0 Å². The molecule has 2 aromatic carbocycles. The molecule has 1 N–H and O–H groups in total. The summed E-state index contributed by atoms with van der Waals surface area (Å²) in [5.41, 5.74) is 1.08.